The summed E-state index contributed by atoms with van der Waals surface area (Å²) in [5.74, 6) is 1.42. The molecule has 27 heavy (non-hydrogen) atoms. The van der Waals surface area contributed by atoms with Crippen LogP contribution >= 0.6 is 11.3 Å². The lowest BCUT2D eigenvalue weighted by Crippen LogP contribution is -2.45. The van der Waals surface area contributed by atoms with Gasteiger partial charge in [0.05, 0.1) is 12.8 Å². The third-order valence-electron chi connectivity index (χ3n) is 5.36. The molecule has 1 fully saturated rings. The molecule has 0 spiro atoms. The number of hydrogen-bond donors (Lipinski definition) is 0. The second-order valence-electron chi connectivity index (χ2n) is 7.11. The van der Waals surface area contributed by atoms with E-state index in [1.807, 2.05) is 29.3 Å². The number of nitrogens with zero attached hydrogens (tertiary/aromatic N) is 3. The third-order valence-corrected chi connectivity index (χ3v) is 6.27. The summed E-state index contributed by atoms with van der Waals surface area (Å²) in [7, 11) is 1.66. The monoisotopic (exact) mass is 383 g/mol. The van der Waals surface area contributed by atoms with E-state index in [0.717, 1.165) is 24.3 Å². The molecule has 0 N–H and O–H groups in total. The zero-order valence-electron chi connectivity index (χ0n) is 15.8. The summed E-state index contributed by atoms with van der Waals surface area (Å²) in [6.45, 7) is 1.62. The van der Waals surface area contributed by atoms with Gasteiger partial charge in [-0.05, 0) is 48.6 Å². The molecule has 0 bridgehead atoms. The van der Waals surface area contributed by atoms with Gasteiger partial charge < -0.3 is 9.64 Å². The van der Waals surface area contributed by atoms with Crippen molar-refractivity contribution in [3.8, 4) is 5.75 Å². The number of ether oxygens (including phenoxy) is 1. The Hall–Kier alpha value is -2.34. The molecule has 2 aliphatic rings. The Morgan fingerprint density at radius 1 is 1.15 bits per heavy atom. The molecular weight excluding hydrogens is 358 g/mol. The third kappa shape index (κ3) is 3.46. The molecule has 4 rings (SSSR count). The number of amidine groups is 1. The molecule has 1 atom stereocenters. The van der Waals surface area contributed by atoms with E-state index in [1.54, 1.807) is 25.4 Å². The van der Waals surface area contributed by atoms with Gasteiger partial charge in [-0.2, -0.15) is 0 Å². The first kappa shape index (κ1) is 18.0. The Bertz CT molecular complexity index is 810. The minimum atomic E-state index is -0.0691. The van der Waals surface area contributed by atoms with Crippen molar-refractivity contribution in [2.75, 3.05) is 12.1 Å². The van der Waals surface area contributed by atoms with Crippen molar-refractivity contribution in [1.29, 1.82) is 0 Å². The van der Waals surface area contributed by atoms with Crippen LogP contribution in [-0.4, -0.2) is 29.7 Å². The van der Waals surface area contributed by atoms with Gasteiger partial charge in [0.2, 0.25) is 0 Å². The first-order valence-corrected chi connectivity index (χ1v) is 10.4. The molecule has 0 amide bonds. The van der Waals surface area contributed by atoms with Crippen LogP contribution in [0.3, 0.4) is 0 Å². The van der Waals surface area contributed by atoms with E-state index < -0.39 is 0 Å². The summed E-state index contributed by atoms with van der Waals surface area (Å²) in [5.41, 5.74) is 0.964. The molecule has 142 valence electrons. The van der Waals surface area contributed by atoms with Gasteiger partial charge in [0, 0.05) is 17.8 Å². The average molecular weight is 384 g/mol. The van der Waals surface area contributed by atoms with Crippen LogP contribution in [0, 0.1) is 0 Å². The van der Waals surface area contributed by atoms with Gasteiger partial charge in [-0.15, -0.1) is 16.4 Å². The number of Topliss-reactive ketones (excluding diaryl/α,β-unsaturated/α-hetero) is 1. The highest BCUT2D eigenvalue weighted by Gasteiger charge is 2.42. The number of benzene rings is 1. The van der Waals surface area contributed by atoms with Gasteiger partial charge in [0.1, 0.15) is 5.75 Å². The Labute approximate surface area is 164 Å². The maximum atomic E-state index is 12.5. The molecular formula is C21H25N3O2S. The quantitative estimate of drug-likeness (QED) is 0.743. The fraction of sp³-hybridized carbons (Fsp3) is 0.429. The van der Waals surface area contributed by atoms with Crippen LogP contribution in [0.5, 0.6) is 5.75 Å². The molecule has 0 saturated heterocycles. The van der Waals surface area contributed by atoms with Gasteiger partial charge in [-0.25, -0.2) is 5.01 Å². The number of methoxy groups -OCH3 is 1. The van der Waals surface area contributed by atoms with Crippen LogP contribution < -0.4 is 9.75 Å². The maximum absolute atomic E-state index is 12.5. The molecule has 6 heteroatoms. The van der Waals surface area contributed by atoms with Crippen molar-refractivity contribution in [3.63, 3.8) is 0 Å². The lowest BCUT2D eigenvalue weighted by atomic mass is 9.93. The predicted octanol–water partition coefficient (Wildman–Crippen LogP) is 4.81. The first-order chi connectivity index (χ1) is 13.2. The Kier molecular flexibility index (Phi) is 5.16. The highest BCUT2D eigenvalue weighted by molar-refractivity contribution is 7.10. The molecule has 1 saturated carbocycles. The summed E-state index contributed by atoms with van der Waals surface area (Å²) in [6, 6.07) is 12.4. The van der Waals surface area contributed by atoms with E-state index >= 15 is 0 Å². The van der Waals surface area contributed by atoms with Crippen LogP contribution in [0.1, 0.15) is 50.1 Å². The van der Waals surface area contributed by atoms with Gasteiger partial charge in [-0.1, -0.05) is 25.3 Å². The lowest BCUT2D eigenvalue weighted by Gasteiger charge is -2.38. The number of hydrazone groups is 1. The molecule has 5 nitrogen and oxygen atoms in total. The molecule has 2 heterocycles. The molecule has 1 aromatic heterocycles. The maximum Gasteiger partial charge on any atom is 0.196 e. The van der Waals surface area contributed by atoms with Crippen LogP contribution in [0.25, 0.3) is 0 Å². The van der Waals surface area contributed by atoms with E-state index in [4.69, 9.17) is 9.84 Å². The van der Waals surface area contributed by atoms with E-state index in [0.29, 0.717) is 11.9 Å². The molecule has 0 unspecified atom stereocenters. The first-order valence-electron chi connectivity index (χ1n) is 9.53. The molecule has 1 aliphatic heterocycles. The van der Waals surface area contributed by atoms with E-state index in [-0.39, 0.29) is 11.9 Å². The molecule has 1 aliphatic carbocycles. The van der Waals surface area contributed by atoms with E-state index in [9.17, 15) is 4.79 Å². The second kappa shape index (κ2) is 7.72. The van der Waals surface area contributed by atoms with Gasteiger partial charge in [0.15, 0.2) is 17.8 Å². The number of carbonyl (C=O) groups is 1. The van der Waals surface area contributed by atoms with E-state index in [2.05, 4.69) is 22.4 Å². The Morgan fingerprint density at radius 2 is 1.89 bits per heavy atom. The Morgan fingerprint density at radius 3 is 2.48 bits per heavy atom. The highest BCUT2D eigenvalue weighted by atomic mass is 32.1. The summed E-state index contributed by atoms with van der Waals surface area (Å²) in [4.78, 5) is 16.0. The normalized spacial score (nSPS) is 20.7. The lowest BCUT2D eigenvalue weighted by molar-refractivity contribution is -0.111. The van der Waals surface area contributed by atoms with Gasteiger partial charge in [0.25, 0.3) is 0 Å². The standard InChI is InChI=1S/C21H25N3O2S/c1-15(25)20-22-24(17-10-12-18(26-2)13-11-17)21(19-9-6-14-27-19)23(20)16-7-4-3-5-8-16/h6,9-14,16,21H,3-5,7-8H2,1-2H3/t21-/m0/s1. The number of hydrogen-bond acceptors (Lipinski definition) is 6. The van der Waals surface area contributed by atoms with Crippen LogP contribution in [0.4, 0.5) is 5.69 Å². The number of rotatable bonds is 5. The number of carbonyl (C=O) groups excluding carboxylic acids is 1. The highest BCUT2D eigenvalue weighted by Crippen LogP contribution is 2.41. The van der Waals surface area contributed by atoms with Crippen molar-refractivity contribution in [3.05, 3.63) is 46.7 Å². The summed E-state index contributed by atoms with van der Waals surface area (Å²) >= 11 is 1.72. The molecule has 2 aromatic rings. The fourth-order valence-electron chi connectivity index (χ4n) is 4.06. The fourth-order valence-corrected chi connectivity index (χ4v) is 4.86. The molecule has 0 radical (unpaired) electrons. The summed E-state index contributed by atoms with van der Waals surface area (Å²) < 4.78 is 5.29. The average Bonchev–Trinajstić information content (AvgIpc) is 3.36. The van der Waals surface area contributed by atoms with Crippen molar-refractivity contribution in [1.82, 2.24) is 4.90 Å². The van der Waals surface area contributed by atoms with Crippen molar-refractivity contribution in [2.24, 2.45) is 5.10 Å². The smallest absolute Gasteiger partial charge is 0.196 e. The largest absolute Gasteiger partial charge is 0.497 e. The molecule has 1 aromatic carbocycles. The minimum absolute atomic E-state index is 0.0261. The van der Waals surface area contributed by atoms with Crippen LogP contribution in [0.2, 0.25) is 0 Å². The summed E-state index contributed by atoms with van der Waals surface area (Å²) in [6.07, 6.45) is 5.87. The predicted molar refractivity (Wildman–Crippen MR) is 109 cm³/mol. The van der Waals surface area contributed by atoms with Crippen molar-refractivity contribution >= 4 is 28.6 Å². The van der Waals surface area contributed by atoms with Gasteiger partial charge in [-0.3, -0.25) is 4.79 Å². The number of ketones is 1. The Balaban J connectivity index is 1.76. The van der Waals surface area contributed by atoms with Crippen molar-refractivity contribution in [2.45, 2.75) is 51.2 Å². The minimum Gasteiger partial charge on any atom is -0.497 e. The number of thiophene rings is 1. The number of anilines is 1. The van der Waals surface area contributed by atoms with Crippen molar-refractivity contribution < 1.29 is 9.53 Å². The second-order valence-corrected chi connectivity index (χ2v) is 8.09. The van der Waals surface area contributed by atoms with Gasteiger partial charge >= 0.3 is 0 Å². The van der Waals surface area contributed by atoms with Crippen LogP contribution in [-0.2, 0) is 4.79 Å². The summed E-state index contributed by atoms with van der Waals surface area (Å²) in [5, 5.41) is 8.89. The zero-order chi connectivity index (χ0) is 18.8. The zero-order valence-corrected chi connectivity index (χ0v) is 16.6. The SMILES string of the molecule is COc1ccc(N2N=C(C(C)=O)N(C3CCCCC3)[C@@H]2c2cccs2)cc1. The van der Waals surface area contributed by atoms with Crippen LogP contribution in [0.15, 0.2) is 46.9 Å². The topological polar surface area (TPSA) is 45.1 Å². The van der Waals surface area contributed by atoms with E-state index in [1.165, 1.54) is 24.1 Å².